The van der Waals surface area contributed by atoms with Crippen LogP contribution < -0.4 is 4.74 Å². The second-order valence-corrected chi connectivity index (χ2v) is 6.69. The van der Waals surface area contributed by atoms with Gasteiger partial charge < -0.3 is 9.64 Å². The van der Waals surface area contributed by atoms with Crippen molar-refractivity contribution in [3.05, 3.63) is 47.2 Å². The van der Waals surface area contributed by atoms with Crippen molar-refractivity contribution in [3.63, 3.8) is 0 Å². The van der Waals surface area contributed by atoms with Crippen molar-refractivity contribution in [2.45, 2.75) is 51.9 Å². The fourth-order valence-electron chi connectivity index (χ4n) is 3.20. The molecule has 0 aliphatic carbocycles. The van der Waals surface area contributed by atoms with Crippen LogP contribution in [0.1, 0.15) is 43.6 Å². The number of benzene rings is 1. The molecule has 1 aromatic carbocycles. The van der Waals surface area contributed by atoms with Gasteiger partial charge in [-0.25, -0.2) is 4.68 Å². The summed E-state index contributed by atoms with van der Waals surface area (Å²) in [5, 5.41) is 4.91. The van der Waals surface area contributed by atoms with Crippen LogP contribution in [0.15, 0.2) is 36.5 Å². The zero-order chi connectivity index (χ0) is 17.1. The molecular weight excluding hydrogens is 326 g/mol. The maximum absolute atomic E-state index is 12.8. The first-order valence-electron chi connectivity index (χ1n) is 8.29. The number of para-hydroxylation sites is 1. The van der Waals surface area contributed by atoms with Crippen LogP contribution in [0.25, 0.3) is 0 Å². The number of nitrogens with zero attached hydrogens (tertiary/aromatic N) is 3. The summed E-state index contributed by atoms with van der Waals surface area (Å²) in [7, 11) is 0. The smallest absolute Gasteiger partial charge is 0.274 e. The lowest BCUT2D eigenvalue weighted by Gasteiger charge is -2.38. The third kappa shape index (κ3) is 3.56. The third-order valence-corrected chi connectivity index (χ3v) is 4.79. The number of ether oxygens (including phenoxy) is 1. The summed E-state index contributed by atoms with van der Waals surface area (Å²) in [6, 6.07) is 9.53. The number of carbonyl (C=O) groups excluding carboxylic acids is 1. The first-order chi connectivity index (χ1) is 11.6. The number of piperidine rings is 1. The number of hydrogen-bond acceptors (Lipinski definition) is 3. The Hall–Kier alpha value is -2.01. The Morgan fingerprint density at radius 3 is 2.67 bits per heavy atom. The summed E-state index contributed by atoms with van der Waals surface area (Å²) in [5.41, 5.74) is 0.457. The van der Waals surface area contributed by atoms with E-state index in [2.05, 4.69) is 18.9 Å². The SMILES string of the molecule is C[C@@H]1CCC[C@@H](C)N1C(=O)c1ccn(COc2ccccc2Cl)n1. The van der Waals surface area contributed by atoms with E-state index in [0.717, 1.165) is 12.8 Å². The van der Waals surface area contributed by atoms with Crippen LogP contribution >= 0.6 is 11.6 Å². The molecule has 1 amide bonds. The third-order valence-electron chi connectivity index (χ3n) is 4.48. The first kappa shape index (κ1) is 16.8. The number of aromatic nitrogens is 2. The van der Waals surface area contributed by atoms with Crippen LogP contribution in [-0.2, 0) is 6.73 Å². The molecule has 1 fully saturated rings. The van der Waals surface area contributed by atoms with Crippen molar-refractivity contribution < 1.29 is 9.53 Å². The van der Waals surface area contributed by atoms with E-state index in [4.69, 9.17) is 16.3 Å². The largest absolute Gasteiger partial charge is 0.470 e. The molecule has 128 valence electrons. The van der Waals surface area contributed by atoms with Gasteiger partial charge >= 0.3 is 0 Å². The number of amides is 1. The zero-order valence-electron chi connectivity index (χ0n) is 14.0. The molecule has 0 radical (unpaired) electrons. The minimum Gasteiger partial charge on any atom is -0.470 e. The van der Waals surface area contributed by atoms with Crippen molar-refractivity contribution in [3.8, 4) is 5.75 Å². The van der Waals surface area contributed by atoms with Gasteiger partial charge in [0.05, 0.1) is 5.02 Å². The summed E-state index contributed by atoms with van der Waals surface area (Å²) in [6.07, 6.45) is 5.02. The number of carbonyl (C=O) groups is 1. The van der Waals surface area contributed by atoms with Gasteiger partial charge in [-0.15, -0.1) is 0 Å². The molecule has 6 heteroatoms. The van der Waals surface area contributed by atoms with E-state index in [9.17, 15) is 4.79 Å². The first-order valence-corrected chi connectivity index (χ1v) is 8.67. The molecule has 1 aliphatic heterocycles. The highest BCUT2D eigenvalue weighted by molar-refractivity contribution is 6.32. The van der Waals surface area contributed by atoms with Gasteiger partial charge in [0, 0.05) is 18.3 Å². The Morgan fingerprint density at radius 1 is 1.25 bits per heavy atom. The van der Waals surface area contributed by atoms with Gasteiger partial charge in [-0.1, -0.05) is 23.7 Å². The average molecular weight is 348 g/mol. The zero-order valence-corrected chi connectivity index (χ0v) is 14.7. The van der Waals surface area contributed by atoms with Gasteiger partial charge in [0.25, 0.3) is 5.91 Å². The van der Waals surface area contributed by atoms with Gasteiger partial charge in [0.1, 0.15) is 5.75 Å². The lowest BCUT2D eigenvalue weighted by molar-refractivity contribution is 0.0503. The summed E-state index contributed by atoms with van der Waals surface area (Å²) >= 11 is 6.06. The lowest BCUT2D eigenvalue weighted by atomic mass is 9.97. The van der Waals surface area contributed by atoms with Crippen LogP contribution in [-0.4, -0.2) is 32.7 Å². The number of rotatable bonds is 4. The Morgan fingerprint density at radius 2 is 1.96 bits per heavy atom. The highest BCUT2D eigenvalue weighted by atomic mass is 35.5. The molecule has 0 spiro atoms. The molecule has 0 bridgehead atoms. The fourth-order valence-corrected chi connectivity index (χ4v) is 3.39. The lowest BCUT2D eigenvalue weighted by Crippen LogP contribution is -2.47. The van der Waals surface area contributed by atoms with Crippen LogP contribution in [0.4, 0.5) is 0 Å². The van der Waals surface area contributed by atoms with Crippen LogP contribution in [0, 0.1) is 0 Å². The Kier molecular flexibility index (Phi) is 5.09. The number of hydrogen-bond donors (Lipinski definition) is 0. The summed E-state index contributed by atoms with van der Waals surface area (Å²) in [6.45, 7) is 4.41. The second kappa shape index (κ2) is 7.26. The molecule has 0 unspecified atom stereocenters. The van der Waals surface area contributed by atoms with Gasteiger partial charge in [-0.3, -0.25) is 4.79 Å². The van der Waals surface area contributed by atoms with Gasteiger partial charge in [-0.2, -0.15) is 5.10 Å². The van der Waals surface area contributed by atoms with E-state index < -0.39 is 0 Å². The topological polar surface area (TPSA) is 47.4 Å². The molecule has 2 aromatic rings. The molecule has 1 aromatic heterocycles. The summed E-state index contributed by atoms with van der Waals surface area (Å²) in [4.78, 5) is 14.7. The highest BCUT2D eigenvalue weighted by Gasteiger charge is 2.30. The molecule has 5 nitrogen and oxygen atoms in total. The Labute approximate surface area is 147 Å². The van der Waals surface area contributed by atoms with Crippen molar-refractivity contribution in [1.82, 2.24) is 14.7 Å². The van der Waals surface area contributed by atoms with E-state index in [1.54, 1.807) is 29.1 Å². The molecule has 0 saturated carbocycles. The quantitative estimate of drug-likeness (QED) is 0.840. The average Bonchev–Trinajstić information content (AvgIpc) is 3.03. The summed E-state index contributed by atoms with van der Waals surface area (Å²) in [5.74, 6) is 0.590. The normalized spacial score (nSPS) is 20.9. The van der Waals surface area contributed by atoms with E-state index in [0.29, 0.717) is 16.5 Å². The standard InChI is InChI=1S/C18H22ClN3O2/c1-13-6-5-7-14(2)22(13)18(23)16-10-11-21(20-16)12-24-17-9-4-3-8-15(17)19/h3-4,8-11,13-14H,5-7,12H2,1-2H3/t13-,14-/m1/s1. The second-order valence-electron chi connectivity index (χ2n) is 6.29. The molecule has 0 N–H and O–H groups in total. The molecule has 1 aliphatic rings. The molecule has 3 rings (SSSR count). The molecule has 2 atom stereocenters. The van der Waals surface area contributed by atoms with Crippen LogP contribution in [0.3, 0.4) is 0 Å². The van der Waals surface area contributed by atoms with Crippen molar-refractivity contribution in [2.75, 3.05) is 0 Å². The minimum absolute atomic E-state index is 0.00815. The number of likely N-dealkylation sites (tertiary alicyclic amines) is 1. The highest BCUT2D eigenvalue weighted by Crippen LogP contribution is 2.25. The molecule has 1 saturated heterocycles. The van der Waals surface area contributed by atoms with Crippen molar-refractivity contribution >= 4 is 17.5 Å². The van der Waals surface area contributed by atoms with E-state index >= 15 is 0 Å². The van der Waals surface area contributed by atoms with E-state index in [1.165, 1.54) is 6.42 Å². The number of halogens is 1. The van der Waals surface area contributed by atoms with E-state index in [1.807, 2.05) is 17.0 Å². The fraction of sp³-hybridized carbons (Fsp3) is 0.444. The van der Waals surface area contributed by atoms with Gasteiger partial charge in [-0.05, 0) is 51.3 Å². The van der Waals surface area contributed by atoms with E-state index in [-0.39, 0.29) is 24.7 Å². The molecule has 2 heterocycles. The predicted molar refractivity (Wildman–Crippen MR) is 93.3 cm³/mol. The molecular formula is C18H22ClN3O2. The maximum atomic E-state index is 12.8. The monoisotopic (exact) mass is 347 g/mol. The Bertz CT molecular complexity index is 706. The Balaban J connectivity index is 1.66. The van der Waals surface area contributed by atoms with Gasteiger partial charge in [0.2, 0.25) is 0 Å². The molecule has 24 heavy (non-hydrogen) atoms. The van der Waals surface area contributed by atoms with Crippen molar-refractivity contribution in [1.29, 1.82) is 0 Å². The van der Waals surface area contributed by atoms with Gasteiger partial charge in [0.15, 0.2) is 12.4 Å². The van der Waals surface area contributed by atoms with Crippen molar-refractivity contribution in [2.24, 2.45) is 0 Å². The van der Waals surface area contributed by atoms with Crippen LogP contribution in [0.5, 0.6) is 5.75 Å². The van der Waals surface area contributed by atoms with Crippen LogP contribution in [0.2, 0.25) is 5.02 Å². The predicted octanol–water partition coefficient (Wildman–Crippen LogP) is 3.98. The maximum Gasteiger partial charge on any atom is 0.274 e. The minimum atomic E-state index is -0.00815. The summed E-state index contributed by atoms with van der Waals surface area (Å²) < 4.78 is 7.25.